The normalized spacial score (nSPS) is 22.8. The van der Waals surface area contributed by atoms with Gasteiger partial charge in [-0.15, -0.1) is 0 Å². The second-order valence-electron chi connectivity index (χ2n) is 7.07. The molecular formula is C18H29BN+. The first-order valence-electron chi connectivity index (χ1n) is 8.73. The van der Waals surface area contributed by atoms with Gasteiger partial charge in [-0.2, -0.15) is 0 Å². The maximum absolute atomic E-state index is 2.54. The van der Waals surface area contributed by atoms with Gasteiger partial charge in [-0.05, 0) is 63.5 Å². The fourth-order valence-electron chi connectivity index (χ4n) is 4.70. The van der Waals surface area contributed by atoms with E-state index in [-0.39, 0.29) is 0 Å². The van der Waals surface area contributed by atoms with Gasteiger partial charge in [0, 0.05) is 0 Å². The van der Waals surface area contributed by atoms with E-state index in [1.54, 1.807) is 5.69 Å². The second-order valence-corrected chi connectivity index (χ2v) is 7.07. The van der Waals surface area contributed by atoms with E-state index in [2.05, 4.69) is 38.3 Å². The van der Waals surface area contributed by atoms with E-state index in [1.807, 2.05) is 0 Å². The van der Waals surface area contributed by atoms with Crippen LogP contribution < -0.4 is 4.39 Å². The Morgan fingerprint density at radius 1 is 0.700 bits per heavy atom. The van der Waals surface area contributed by atoms with Gasteiger partial charge in [0.15, 0.2) is 0 Å². The molecule has 20 heavy (non-hydrogen) atoms. The van der Waals surface area contributed by atoms with E-state index >= 15 is 0 Å². The molecule has 1 nitrogen and oxygen atoms in total. The van der Waals surface area contributed by atoms with Crippen molar-refractivity contribution in [2.24, 2.45) is 0 Å². The minimum absolute atomic E-state index is 0.856. The van der Waals surface area contributed by atoms with Crippen molar-refractivity contribution < 1.29 is 0 Å². The smallest absolute Gasteiger partial charge is 0.362 e. The Kier molecular flexibility index (Phi) is 4.50. The lowest BCUT2D eigenvalue weighted by Crippen LogP contribution is -2.62. The van der Waals surface area contributed by atoms with E-state index in [1.165, 1.54) is 68.6 Å². The van der Waals surface area contributed by atoms with Crippen molar-refractivity contribution in [1.29, 1.82) is 0 Å². The molecule has 108 valence electrons. The highest BCUT2D eigenvalue weighted by molar-refractivity contribution is 6.14. The summed E-state index contributed by atoms with van der Waals surface area (Å²) >= 11 is 0. The van der Waals surface area contributed by atoms with Crippen LogP contribution in [0.3, 0.4) is 0 Å². The van der Waals surface area contributed by atoms with Gasteiger partial charge >= 0.3 is 7.98 Å². The lowest BCUT2D eigenvalue weighted by atomic mass is 9.81. The number of nitrogens with zero attached hydrogens (tertiary/aromatic N) is 1. The van der Waals surface area contributed by atoms with E-state index in [0.717, 1.165) is 12.1 Å². The van der Waals surface area contributed by atoms with Crippen molar-refractivity contribution in [2.75, 3.05) is 0 Å². The molecule has 2 aliphatic rings. The maximum Gasteiger partial charge on any atom is 0.378 e. The Bertz CT molecular complexity index is 387. The van der Waals surface area contributed by atoms with Crippen LogP contribution in [-0.2, 0) is 0 Å². The Balaban J connectivity index is 1.92. The number of para-hydroxylation sites is 1. The molecule has 2 aliphatic carbocycles. The summed E-state index contributed by atoms with van der Waals surface area (Å²) in [7, 11) is 2.54. The van der Waals surface area contributed by atoms with Crippen LogP contribution in [0.2, 0.25) is 0 Å². The molecule has 3 rings (SSSR count). The van der Waals surface area contributed by atoms with Gasteiger partial charge in [-0.25, -0.2) is 0 Å². The molecule has 2 saturated carbocycles. The predicted molar refractivity (Wildman–Crippen MR) is 90.5 cm³/mol. The van der Waals surface area contributed by atoms with Crippen LogP contribution in [0, 0.1) is 0 Å². The molecule has 0 heterocycles. The average molecular weight is 270 g/mol. The molecule has 1 aromatic carbocycles. The third kappa shape index (κ3) is 2.68. The standard InChI is InChI=1S/C18H29BN/c19-20(16-10-4-1-5-11-16,17-12-6-2-7-13-17)18-14-8-3-9-15-18/h1,4-5,10-11,17-18H,2-3,6-9,12-15,19H2/q+1. The summed E-state index contributed by atoms with van der Waals surface area (Å²) in [5.74, 6) is 0. The highest BCUT2D eigenvalue weighted by Crippen LogP contribution is 2.39. The quantitative estimate of drug-likeness (QED) is 0.722. The van der Waals surface area contributed by atoms with E-state index in [0.29, 0.717) is 0 Å². The first-order valence-corrected chi connectivity index (χ1v) is 8.73. The zero-order valence-corrected chi connectivity index (χ0v) is 13.1. The molecule has 0 spiro atoms. The number of quaternary nitrogens is 1. The highest BCUT2D eigenvalue weighted by Gasteiger charge is 2.41. The molecule has 0 saturated heterocycles. The van der Waals surface area contributed by atoms with Gasteiger partial charge in [0.05, 0.1) is 12.1 Å². The number of hydrogen-bond donors (Lipinski definition) is 0. The molecule has 0 radical (unpaired) electrons. The van der Waals surface area contributed by atoms with Gasteiger partial charge in [0.25, 0.3) is 0 Å². The Hall–Kier alpha value is -0.755. The van der Waals surface area contributed by atoms with Crippen molar-refractivity contribution in [3.63, 3.8) is 0 Å². The Labute approximate surface area is 125 Å². The minimum atomic E-state index is 0.856. The SMILES string of the molecule is B[N+](c1ccccc1)(C1CCCCC1)C1CCCCC1. The Morgan fingerprint density at radius 2 is 1.15 bits per heavy atom. The molecule has 0 aromatic heterocycles. The fourth-order valence-corrected chi connectivity index (χ4v) is 4.70. The molecule has 0 aliphatic heterocycles. The monoisotopic (exact) mass is 270 g/mol. The molecule has 2 fully saturated rings. The van der Waals surface area contributed by atoms with Crippen LogP contribution in [0.5, 0.6) is 0 Å². The van der Waals surface area contributed by atoms with Crippen LogP contribution in [-0.4, -0.2) is 20.1 Å². The lowest BCUT2D eigenvalue weighted by molar-refractivity contribution is 0.176. The summed E-state index contributed by atoms with van der Waals surface area (Å²) in [6, 6.07) is 13.1. The predicted octanol–water partition coefficient (Wildman–Crippen LogP) is 4.21. The van der Waals surface area contributed by atoms with Crippen LogP contribution >= 0.6 is 0 Å². The van der Waals surface area contributed by atoms with Crippen LogP contribution in [0.1, 0.15) is 64.2 Å². The minimum Gasteiger partial charge on any atom is -0.362 e. The summed E-state index contributed by atoms with van der Waals surface area (Å²) in [5, 5.41) is 0. The van der Waals surface area contributed by atoms with Crippen molar-refractivity contribution in [3.8, 4) is 0 Å². The van der Waals surface area contributed by atoms with Crippen LogP contribution in [0.25, 0.3) is 0 Å². The van der Waals surface area contributed by atoms with E-state index in [9.17, 15) is 0 Å². The molecular weight excluding hydrogens is 241 g/mol. The molecule has 0 unspecified atom stereocenters. The summed E-state index contributed by atoms with van der Waals surface area (Å²) in [4.78, 5) is 0. The fraction of sp³-hybridized carbons (Fsp3) is 0.667. The first-order chi connectivity index (χ1) is 9.82. The zero-order valence-electron chi connectivity index (χ0n) is 13.1. The summed E-state index contributed by atoms with van der Waals surface area (Å²) in [6.45, 7) is 0. The molecule has 0 atom stereocenters. The van der Waals surface area contributed by atoms with Gasteiger partial charge < -0.3 is 4.39 Å². The van der Waals surface area contributed by atoms with Crippen molar-refractivity contribution in [1.82, 2.24) is 4.39 Å². The second kappa shape index (κ2) is 6.34. The Morgan fingerprint density at radius 3 is 1.60 bits per heavy atom. The molecule has 1 aromatic rings. The third-order valence-corrected chi connectivity index (χ3v) is 5.98. The van der Waals surface area contributed by atoms with Crippen molar-refractivity contribution in [2.45, 2.75) is 76.3 Å². The van der Waals surface area contributed by atoms with Gasteiger partial charge in [0.2, 0.25) is 0 Å². The van der Waals surface area contributed by atoms with Gasteiger partial charge in [-0.1, -0.05) is 31.0 Å². The van der Waals surface area contributed by atoms with E-state index in [4.69, 9.17) is 0 Å². The molecule has 2 heteroatoms. The number of benzene rings is 1. The summed E-state index contributed by atoms with van der Waals surface area (Å²) < 4.78 is 1.22. The van der Waals surface area contributed by atoms with Crippen LogP contribution in [0.4, 0.5) is 5.69 Å². The highest BCUT2D eigenvalue weighted by atomic mass is 15.3. The van der Waals surface area contributed by atoms with E-state index < -0.39 is 0 Å². The molecule has 0 amide bonds. The zero-order chi connectivity index (χ0) is 13.8. The van der Waals surface area contributed by atoms with Crippen molar-refractivity contribution >= 4 is 13.7 Å². The maximum atomic E-state index is 2.54. The number of rotatable bonds is 3. The molecule has 0 bridgehead atoms. The van der Waals surface area contributed by atoms with Gasteiger partial charge in [0.1, 0.15) is 5.69 Å². The first kappa shape index (κ1) is 14.2. The number of hydrogen-bond acceptors (Lipinski definition) is 0. The topological polar surface area (TPSA) is 0 Å². The molecule has 0 N–H and O–H groups in total. The lowest BCUT2D eigenvalue weighted by Gasteiger charge is -2.51. The van der Waals surface area contributed by atoms with Crippen molar-refractivity contribution in [3.05, 3.63) is 30.3 Å². The largest absolute Gasteiger partial charge is 0.378 e. The van der Waals surface area contributed by atoms with Gasteiger partial charge in [-0.3, -0.25) is 0 Å². The summed E-state index contributed by atoms with van der Waals surface area (Å²) in [6.07, 6.45) is 14.4. The third-order valence-electron chi connectivity index (χ3n) is 5.98. The summed E-state index contributed by atoms with van der Waals surface area (Å²) in [5.41, 5.74) is 1.56. The average Bonchev–Trinajstić information content (AvgIpc) is 2.56. The van der Waals surface area contributed by atoms with Crippen LogP contribution in [0.15, 0.2) is 30.3 Å².